The number of likely N-dealkylation sites (N-methyl/N-ethyl adjacent to an activating group) is 1. The molecule has 0 spiro atoms. The number of thioether (sulfide) groups is 1. The number of rotatable bonds is 10. The molecule has 3 heterocycles. The number of nitrogens with one attached hydrogen (secondary N) is 2. The average molecular weight is 488 g/mol. The molecule has 1 amide bonds. The molecule has 178 valence electrons. The van der Waals surface area contributed by atoms with Crippen LogP contribution in [0.25, 0.3) is 16.9 Å². The van der Waals surface area contributed by atoms with Gasteiger partial charge in [0.1, 0.15) is 17.0 Å². The maximum absolute atomic E-state index is 13.1. The number of halogens is 2. The molecule has 1 aromatic carbocycles. The van der Waals surface area contributed by atoms with Gasteiger partial charge in [-0.1, -0.05) is 0 Å². The predicted octanol–water partition coefficient (Wildman–Crippen LogP) is 3.07. The lowest BCUT2D eigenvalue weighted by Gasteiger charge is -2.12. The van der Waals surface area contributed by atoms with Gasteiger partial charge in [0.25, 0.3) is 5.91 Å². The number of benzene rings is 1. The van der Waals surface area contributed by atoms with Crippen molar-refractivity contribution in [2.75, 3.05) is 19.8 Å². The van der Waals surface area contributed by atoms with Gasteiger partial charge in [-0.15, -0.1) is 11.8 Å². The van der Waals surface area contributed by atoms with Crippen molar-refractivity contribution in [3.05, 3.63) is 60.2 Å². The van der Waals surface area contributed by atoms with Gasteiger partial charge in [0.15, 0.2) is 5.65 Å². The zero-order valence-corrected chi connectivity index (χ0v) is 19.4. The Morgan fingerprint density at radius 1 is 1.32 bits per heavy atom. The highest BCUT2D eigenvalue weighted by Gasteiger charge is 2.20. The van der Waals surface area contributed by atoms with Crippen molar-refractivity contribution in [3.63, 3.8) is 0 Å². The zero-order chi connectivity index (χ0) is 24.1. The molecule has 0 fully saturated rings. The first-order valence-corrected chi connectivity index (χ1v) is 11.6. The minimum absolute atomic E-state index is 0.0195. The number of hydrogen-bond donors (Lipinski definition) is 2. The van der Waals surface area contributed by atoms with E-state index in [0.29, 0.717) is 41.1 Å². The Morgan fingerprint density at radius 2 is 2.18 bits per heavy atom. The van der Waals surface area contributed by atoms with Crippen molar-refractivity contribution in [1.82, 2.24) is 35.0 Å². The lowest BCUT2D eigenvalue weighted by Crippen LogP contribution is -2.23. The van der Waals surface area contributed by atoms with E-state index in [0.717, 1.165) is 4.90 Å². The van der Waals surface area contributed by atoms with E-state index < -0.39 is 6.61 Å². The molecule has 0 aliphatic carbocycles. The van der Waals surface area contributed by atoms with Gasteiger partial charge in [0.2, 0.25) is 0 Å². The van der Waals surface area contributed by atoms with Crippen molar-refractivity contribution >= 4 is 23.3 Å². The van der Waals surface area contributed by atoms with Gasteiger partial charge in [-0.2, -0.15) is 19.0 Å². The third-order valence-electron chi connectivity index (χ3n) is 5.05. The molecule has 34 heavy (non-hydrogen) atoms. The van der Waals surface area contributed by atoms with Crippen LogP contribution >= 0.6 is 11.8 Å². The fourth-order valence-corrected chi connectivity index (χ4v) is 3.88. The number of fused-ring (bicyclic) bond motifs is 1. The van der Waals surface area contributed by atoms with E-state index in [1.165, 1.54) is 28.5 Å². The number of ether oxygens (including phenoxy) is 1. The lowest BCUT2D eigenvalue weighted by molar-refractivity contribution is -0.0494. The van der Waals surface area contributed by atoms with Gasteiger partial charge in [-0.25, -0.2) is 9.50 Å². The van der Waals surface area contributed by atoms with Crippen LogP contribution in [0.4, 0.5) is 8.78 Å². The monoisotopic (exact) mass is 487 g/mol. The molecule has 0 aliphatic heterocycles. The minimum Gasteiger partial charge on any atom is -0.434 e. The summed E-state index contributed by atoms with van der Waals surface area (Å²) in [7, 11) is 1.83. The van der Waals surface area contributed by atoms with E-state index in [2.05, 4.69) is 25.8 Å². The Labute approximate surface area is 198 Å². The van der Waals surface area contributed by atoms with Gasteiger partial charge < -0.3 is 15.4 Å². The molecule has 4 aromatic rings. The molecule has 0 unspecified atom stereocenters. The number of hydrogen-bond acceptors (Lipinski definition) is 7. The van der Waals surface area contributed by atoms with Crippen LogP contribution in [0.1, 0.15) is 15.9 Å². The summed E-state index contributed by atoms with van der Waals surface area (Å²) in [5.74, 6) is -0.337. The summed E-state index contributed by atoms with van der Waals surface area (Å²) in [6.45, 7) is -1.64. The Kier molecular flexibility index (Phi) is 7.38. The van der Waals surface area contributed by atoms with Crippen LogP contribution in [0, 0.1) is 0 Å². The summed E-state index contributed by atoms with van der Waals surface area (Å²) in [4.78, 5) is 17.9. The lowest BCUT2D eigenvalue weighted by atomic mass is 10.1. The molecule has 3 aromatic heterocycles. The minimum atomic E-state index is -2.98. The summed E-state index contributed by atoms with van der Waals surface area (Å²) in [6, 6.07) is 6.69. The highest BCUT2D eigenvalue weighted by atomic mass is 32.2. The molecule has 4 rings (SSSR count). The van der Waals surface area contributed by atoms with Crippen LogP contribution in [0.15, 0.2) is 53.9 Å². The second-order valence-electron chi connectivity index (χ2n) is 7.24. The molecule has 2 N–H and O–H groups in total. The second kappa shape index (κ2) is 10.6. The van der Waals surface area contributed by atoms with Crippen LogP contribution < -0.4 is 15.4 Å². The summed E-state index contributed by atoms with van der Waals surface area (Å²) < 4.78 is 34.1. The first kappa shape index (κ1) is 23.6. The normalized spacial score (nSPS) is 11.3. The van der Waals surface area contributed by atoms with Crippen molar-refractivity contribution < 1.29 is 18.3 Å². The highest BCUT2D eigenvalue weighted by Crippen LogP contribution is 2.35. The third-order valence-corrected chi connectivity index (χ3v) is 5.77. The molecule has 12 heteroatoms. The van der Waals surface area contributed by atoms with Gasteiger partial charge in [0, 0.05) is 47.7 Å². The van der Waals surface area contributed by atoms with Gasteiger partial charge in [0.05, 0.1) is 12.7 Å². The molecule has 0 atom stereocenters. The largest absolute Gasteiger partial charge is 0.434 e. The molecule has 0 saturated heterocycles. The van der Waals surface area contributed by atoms with Crippen molar-refractivity contribution in [2.45, 2.75) is 24.6 Å². The SMILES string of the molecule is CNCCn1cc(CNC(=O)c2cnn3cccnc23)c(-c2cc(SC)ccc2OC(F)F)n1. The third kappa shape index (κ3) is 5.18. The van der Waals surface area contributed by atoms with E-state index >= 15 is 0 Å². The van der Waals surface area contributed by atoms with Gasteiger partial charge >= 0.3 is 6.61 Å². The Hall–Kier alpha value is -3.51. The maximum Gasteiger partial charge on any atom is 0.387 e. The number of nitrogens with zero attached hydrogens (tertiary/aromatic N) is 5. The second-order valence-corrected chi connectivity index (χ2v) is 8.12. The van der Waals surface area contributed by atoms with Crippen LogP contribution in [0.5, 0.6) is 5.75 Å². The highest BCUT2D eigenvalue weighted by molar-refractivity contribution is 7.98. The van der Waals surface area contributed by atoms with Crippen molar-refractivity contribution in [1.29, 1.82) is 0 Å². The standard InChI is InChI=1S/C22H23F2N7O2S/c1-25-7-9-30-13-14(11-27-21(32)17-12-28-31-8-3-6-26-20(17)31)19(29-30)16-10-15(34-2)4-5-18(16)33-22(23)24/h3-6,8,10,12-13,22,25H,7,9,11H2,1-2H3,(H,27,32). The summed E-state index contributed by atoms with van der Waals surface area (Å²) in [5.41, 5.74) is 2.31. The topological polar surface area (TPSA) is 98.4 Å². The summed E-state index contributed by atoms with van der Waals surface area (Å²) in [6.07, 6.45) is 8.42. The quantitative estimate of drug-likeness (QED) is 0.332. The van der Waals surface area contributed by atoms with E-state index in [9.17, 15) is 13.6 Å². The van der Waals surface area contributed by atoms with Gasteiger partial charge in [-0.3, -0.25) is 9.48 Å². The Bertz CT molecular complexity index is 1290. The van der Waals surface area contributed by atoms with Crippen LogP contribution in [-0.4, -0.2) is 56.7 Å². The van der Waals surface area contributed by atoms with E-state index in [1.807, 2.05) is 13.3 Å². The van der Waals surface area contributed by atoms with E-state index in [4.69, 9.17) is 4.74 Å². The fraction of sp³-hybridized carbons (Fsp3) is 0.273. The summed E-state index contributed by atoms with van der Waals surface area (Å²) in [5, 5.41) is 14.7. The Balaban J connectivity index is 1.66. The molecular formula is C22H23F2N7O2S. The van der Waals surface area contributed by atoms with Gasteiger partial charge in [-0.05, 0) is 37.6 Å². The molecule has 0 bridgehead atoms. The number of carbonyl (C=O) groups is 1. The number of carbonyl (C=O) groups excluding carboxylic acids is 1. The van der Waals surface area contributed by atoms with Crippen molar-refractivity contribution in [3.8, 4) is 17.0 Å². The average Bonchev–Trinajstić information content (AvgIpc) is 3.45. The van der Waals surface area contributed by atoms with Crippen LogP contribution in [-0.2, 0) is 13.1 Å². The zero-order valence-electron chi connectivity index (χ0n) is 18.5. The predicted molar refractivity (Wildman–Crippen MR) is 124 cm³/mol. The molecule has 0 aliphatic rings. The number of alkyl halides is 2. The number of aromatic nitrogens is 5. The van der Waals surface area contributed by atoms with Crippen LogP contribution in [0.3, 0.4) is 0 Å². The van der Waals surface area contributed by atoms with E-state index in [-0.39, 0.29) is 18.2 Å². The maximum atomic E-state index is 13.1. The smallest absolute Gasteiger partial charge is 0.387 e. The first-order chi connectivity index (χ1) is 16.5. The molecule has 9 nitrogen and oxygen atoms in total. The first-order valence-electron chi connectivity index (χ1n) is 10.4. The number of amides is 1. The molecular weight excluding hydrogens is 464 g/mol. The van der Waals surface area contributed by atoms with Crippen LogP contribution in [0.2, 0.25) is 0 Å². The summed E-state index contributed by atoms with van der Waals surface area (Å²) >= 11 is 1.48. The van der Waals surface area contributed by atoms with E-state index in [1.54, 1.807) is 41.5 Å². The molecule has 0 saturated carbocycles. The molecule has 0 radical (unpaired) electrons. The fourth-order valence-electron chi connectivity index (χ4n) is 3.44. The van der Waals surface area contributed by atoms with Crippen molar-refractivity contribution in [2.24, 2.45) is 0 Å². The Morgan fingerprint density at radius 3 is 2.94 bits per heavy atom.